The largest absolute Gasteiger partial charge is 0.497 e. The summed E-state index contributed by atoms with van der Waals surface area (Å²) in [5, 5.41) is 4.29. The number of hydrogen-bond donors (Lipinski definition) is 1. The van der Waals surface area contributed by atoms with Gasteiger partial charge in [0.2, 0.25) is 0 Å². The summed E-state index contributed by atoms with van der Waals surface area (Å²) in [7, 11) is 1.65. The third kappa shape index (κ3) is 3.09. The van der Waals surface area contributed by atoms with E-state index in [0.29, 0.717) is 18.7 Å². The number of ether oxygens (including phenoxy) is 1. The Hall–Kier alpha value is -3.09. The van der Waals surface area contributed by atoms with E-state index in [-0.39, 0.29) is 5.91 Å². The molecule has 1 aromatic carbocycles. The van der Waals surface area contributed by atoms with Crippen LogP contribution in [0.15, 0.2) is 30.5 Å². The first-order valence-corrected chi connectivity index (χ1v) is 9.14. The van der Waals surface area contributed by atoms with Gasteiger partial charge in [0.05, 0.1) is 36.8 Å². The average molecular weight is 365 g/mol. The van der Waals surface area contributed by atoms with Gasteiger partial charge in [-0.25, -0.2) is 4.98 Å². The van der Waals surface area contributed by atoms with Gasteiger partial charge in [0.25, 0.3) is 5.91 Å². The lowest BCUT2D eigenvalue weighted by molar-refractivity contribution is 0.0731. The van der Waals surface area contributed by atoms with E-state index in [1.807, 2.05) is 47.7 Å². The van der Waals surface area contributed by atoms with E-state index in [9.17, 15) is 4.79 Å². The monoisotopic (exact) mass is 365 g/mol. The van der Waals surface area contributed by atoms with Crippen molar-refractivity contribution in [3.8, 4) is 17.1 Å². The first-order chi connectivity index (χ1) is 13.1. The van der Waals surface area contributed by atoms with Crippen LogP contribution in [-0.2, 0) is 19.5 Å². The lowest BCUT2D eigenvalue weighted by atomic mass is 10.1. The van der Waals surface area contributed by atoms with Crippen LogP contribution in [-0.4, -0.2) is 44.2 Å². The smallest absolute Gasteiger partial charge is 0.257 e. The highest BCUT2D eigenvalue weighted by Gasteiger charge is 2.26. The number of aromatic amines is 1. The zero-order valence-electron chi connectivity index (χ0n) is 15.8. The summed E-state index contributed by atoms with van der Waals surface area (Å²) in [6, 6.07) is 7.80. The van der Waals surface area contributed by atoms with Crippen LogP contribution in [0.4, 0.5) is 0 Å². The second-order valence-electron chi connectivity index (χ2n) is 6.68. The number of aryl methyl sites for hydroxylation is 1. The van der Waals surface area contributed by atoms with E-state index in [1.165, 1.54) is 0 Å². The molecule has 7 nitrogen and oxygen atoms in total. The van der Waals surface area contributed by atoms with Crippen molar-refractivity contribution >= 4 is 5.91 Å². The molecular formula is C20H23N5O2. The molecule has 0 unspecified atom stereocenters. The third-order valence-electron chi connectivity index (χ3n) is 5.10. The van der Waals surface area contributed by atoms with Crippen molar-refractivity contribution in [3.05, 3.63) is 53.1 Å². The van der Waals surface area contributed by atoms with Crippen molar-refractivity contribution in [2.45, 2.75) is 33.4 Å². The van der Waals surface area contributed by atoms with Crippen LogP contribution in [0, 0.1) is 6.92 Å². The van der Waals surface area contributed by atoms with Crippen LogP contribution in [0.5, 0.6) is 5.75 Å². The standard InChI is InChI=1S/C20H23N5O2/c1-4-25-13(2)16(11-21-25)20(26)24-9-8-17-18(12-24)23-19(22-17)14-6-5-7-15(10-14)27-3/h5-7,10-11H,4,8-9,12H2,1-3H3,(H,22,23). The van der Waals surface area contributed by atoms with E-state index in [0.717, 1.165) is 47.2 Å². The second-order valence-corrected chi connectivity index (χ2v) is 6.68. The van der Waals surface area contributed by atoms with Gasteiger partial charge in [-0.1, -0.05) is 12.1 Å². The quantitative estimate of drug-likeness (QED) is 0.771. The number of hydrogen-bond acceptors (Lipinski definition) is 4. The molecule has 3 aromatic rings. The summed E-state index contributed by atoms with van der Waals surface area (Å²) in [6.07, 6.45) is 2.41. The number of aromatic nitrogens is 4. The van der Waals surface area contributed by atoms with Gasteiger partial charge in [0, 0.05) is 30.8 Å². The number of imidazole rings is 1. The molecule has 7 heteroatoms. The van der Waals surface area contributed by atoms with E-state index in [1.54, 1.807) is 13.3 Å². The highest BCUT2D eigenvalue weighted by Crippen LogP contribution is 2.26. The van der Waals surface area contributed by atoms with Crippen molar-refractivity contribution in [1.82, 2.24) is 24.6 Å². The Balaban J connectivity index is 1.57. The molecule has 0 fully saturated rings. The minimum atomic E-state index is 0.0235. The molecule has 0 aliphatic carbocycles. The summed E-state index contributed by atoms with van der Waals surface area (Å²) in [4.78, 5) is 22.9. The molecule has 1 amide bonds. The number of nitrogens with zero attached hydrogens (tertiary/aromatic N) is 4. The molecule has 3 heterocycles. The molecule has 0 saturated heterocycles. The number of methoxy groups -OCH3 is 1. The Morgan fingerprint density at radius 3 is 2.96 bits per heavy atom. The molecule has 1 aliphatic heterocycles. The van der Waals surface area contributed by atoms with Gasteiger partial charge in [-0.2, -0.15) is 5.10 Å². The molecule has 2 aromatic heterocycles. The Bertz CT molecular complexity index is 988. The minimum Gasteiger partial charge on any atom is -0.497 e. The van der Waals surface area contributed by atoms with E-state index >= 15 is 0 Å². The summed E-state index contributed by atoms with van der Waals surface area (Å²) < 4.78 is 7.14. The molecule has 0 saturated carbocycles. The molecule has 140 valence electrons. The predicted molar refractivity (Wildman–Crippen MR) is 102 cm³/mol. The molecule has 1 aliphatic rings. The number of H-pyrrole nitrogens is 1. The van der Waals surface area contributed by atoms with Gasteiger partial charge < -0.3 is 14.6 Å². The number of amides is 1. The van der Waals surface area contributed by atoms with Gasteiger partial charge in [-0.15, -0.1) is 0 Å². The lowest BCUT2D eigenvalue weighted by Crippen LogP contribution is -2.36. The number of nitrogens with one attached hydrogen (secondary N) is 1. The van der Waals surface area contributed by atoms with E-state index < -0.39 is 0 Å². The zero-order chi connectivity index (χ0) is 19.0. The summed E-state index contributed by atoms with van der Waals surface area (Å²) in [5.74, 6) is 1.63. The summed E-state index contributed by atoms with van der Waals surface area (Å²) in [5.41, 5.74) is 4.58. The topological polar surface area (TPSA) is 76.0 Å². The maximum Gasteiger partial charge on any atom is 0.257 e. The maximum absolute atomic E-state index is 12.9. The van der Waals surface area contributed by atoms with Crippen LogP contribution in [0.2, 0.25) is 0 Å². The Labute approximate surface area is 158 Å². The first kappa shape index (κ1) is 17.3. The number of benzene rings is 1. The molecular weight excluding hydrogens is 342 g/mol. The van der Waals surface area contributed by atoms with Crippen LogP contribution < -0.4 is 4.74 Å². The number of fused-ring (bicyclic) bond motifs is 1. The normalized spacial score (nSPS) is 13.5. The van der Waals surface area contributed by atoms with Crippen molar-refractivity contribution in [2.75, 3.05) is 13.7 Å². The van der Waals surface area contributed by atoms with Gasteiger partial charge >= 0.3 is 0 Å². The molecule has 0 spiro atoms. The Kier molecular flexibility index (Phi) is 4.43. The SMILES string of the molecule is CCn1ncc(C(=O)N2CCc3nc(-c4cccc(OC)c4)[nH]c3C2)c1C. The Morgan fingerprint density at radius 1 is 1.37 bits per heavy atom. The molecule has 0 bridgehead atoms. The molecule has 4 rings (SSSR count). The third-order valence-corrected chi connectivity index (χ3v) is 5.10. The number of carbonyl (C=O) groups is 1. The molecule has 1 N–H and O–H groups in total. The fourth-order valence-corrected chi connectivity index (χ4v) is 3.52. The van der Waals surface area contributed by atoms with Crippen LogP contribution in [0.25, 0.3) is 11.4 Å². The van der Waals surface area contributed by atoms with Gasteiger partial charge in [-0.3, -0.25) is 9.48 Å². The van der Waals surface area contributed by atoms with Crippen molar-refractivity contribution < 1.29 is 9.53 Å². The molecule has 0 radical (unpaired) electrons. The van der Waals surface area contributed by atoms with E-state index in [4.69, 9.17) is 9.72 Å². The fraction of sp³-hybridized carbons (Fsp3) is 0.350. The number of carbonyl (C=O) groups excluding carboxylic acids is 1. The predicted octanol–water partition coefficient (Wildman–Crippen LogP) is 2.81. The summed E-state index contributed by atoms with van der Waals surface area (Å²) in [6.45, 7) is 5.91. The minimum absolute atomic E-state index is 0.0235. The average Bonchev–Trinajstić information content (AvgIpc) is 3.30. The lowest BCUT2D eigenvalue weighted by Gasteiger charge is -2.26. The zero-order valence-corrected chi connectivity index (χ0v) is 15.8. The van der Waals surface area contributed by atoms with Crippen LogP contribution in [0.3, 0.4) is 0 Å². The van der Waals surface area contributed by atoms with Crippen LogP contribution in [0.1, 0.15) is 34.4 Å². The highest BCUT2D eigenvalue weighted by molar-refractivity contribution is 5.95. The van der Waals surface area contributed by atoms with E-state index in [2.05, 4.69) is 10.1 Å². The van der Waals surface area contributed by atoms with Crippen molar-refractivity contribution in [2.24, 2.45) is 0 Å². The number of rotatable bonds is 4. The van der Waals surface area contributed by atoms with Gasteiger partial charge in [0.1, 0.15) is 11.6 Å². The van der Waals surface area contributed by atoms with Gasteiger partial charge in [0.15, 0.2) is 0 Å². The maximum atomic E-state index is 12.9. The second kappa shape index (κ2) is 6.90. The van der Waals surface area contributed by atoms with Crippen molar-refractivity contribution in [3.63, 3.8) is 0 Å². The van der Waals surface area contributed by atoms with Crippen molar-refractivity contribution in [1.29, 1.82) is 0 Å². The highest BCUT2D eigenvalue weighted by atomic mass is 16.5. The fourth-order valence-electron chi connectivity index (χ4n) is 3.52. The van der Waals surface area contributed by atoms with Gasteiger partial charge in [-0.05, 0) is 26.0 Å². The first-order valence-electron chi connectivity index (χ1n) is 9.14. The summed E-state index contributed by atoms with van der Waals surface area (Å²) >= 11 is 0. The molecule has 0 atom stereocenters. The van der Waals surface area contributed by atoms with Crippen LogP contribution >= 0.6 is 0 Å². The molecule has 27 heavy (non-hydrogen) atoms. The Morgan fingerprint density at radius 2 is 2.22 bits per heavy atom.